The van der Waals surface area contributed by atoms with Gasteiger partial charge in [0.1, 0.15) is 23.2 Å². The van der Waals surface area contributed by atoms with E-state index in [1.54, 1.807) is 4.90 Å². The lowest BCUT2D eigenvalue weighted by Crippen LogP contribution is -2.49. The average Bonchev–Trinajstić information content (AvgIpc) is 2.79. The second-order valence-electron chi connectivity index (χ2n) is 7.86. The highest BCUT2D eigenvalue weighted by Crippen LogP contribution is 2.27. The maximum atomic E-state index is 12.7. The number of amides is 1. The SMILES string of the molecule is Cc1ccc(Nc2cc(N3CCN(C(=O)c4ccc(C(F)(F)F)nc4)CC3)nc(C)n2)cc1. The summed E-state index contributed by atoms with van der Waals surface area (Å²) in [4.78, 5) is 28.7. The first-order valence-electron chi connectivity index (χ1n) is 10.5. The minimum absolute atomic E-state index is 0.138. The molecule has 1 aliphatic heterocycles. The van der Waals surface area contributed by atoms with Crippen molar-refractivity contribution in [3.05, 3.63) is 71.3 Å². The minimum atomic E-state index is -4.53. The molecule has 3 aromatic rings. The number of carbonyl (C=O) groups is 1. The number of rotatable bonds is 4. The fourth-order valence-electron chi connectivity index (χ4n) is 3.57. The van der Waals surface area contributed by atoms with E-state index in [9.17, 15) is 18.0 Å². The van der Waals surface area contributed by atoms with Crippen molar-refractivity contribution in [3.63, 3.8) is 0 Å². The second-order valence-corrected chi connectivity index (χ2v) is 7.86. The van der Waals surface area contributed by atoms with Gasteiger partial charge in [0.05, 0.1) is 5.56 Å². The summed E-state index contributed by atoms with van der Waals surface area (Å²) >= 11 is 0. The van der Waals surface area contributed by atoms with Crippen molar-refractivity contribution in [2.75, 3.05) is 36.4 Å². The van der Waals surface area contributed by atoms with Crippen LogP contribution in [-0.4, -0.2) is 51.9 Å². The Balaban J connectivity index is 1.40. The third-order valence-electron chi connectivity index (χ3n) is 5.34. The molecule has 0 bridgehead atoms. The van der Waals surface area contributed by atoms with Gasteiger partial charge in [-0.25, -0.2) is 9.97 Å². The van der Waals surface area contributed by atoms with E-state index in [1.807, 2.05) is 44.2 Å². The van der Waals surface area contributed by atoms with E-state index in [2.05, 4.69) is 25.2 Å². The number of anilines is 3. The zero-order valence-electron chi connectivity index (χ0n) is 18.2. The number of halogens is 3. The summed E-state index contributed by atoms with van der Waals surface area (Å²) in [6.45, 7) is 5.77. The van der Waals surface area contributed by atoms with Crippen LogP contribution in [0.15, 0.2) is 48.7 Å². The van der Waals surface area contributed by atoms with Crippen molar-refractivity contribution in [2.45, 2.75) is 20.0 Å². The molecule has 1 N–H and O–H groups in total. The van der Waals surface area contributed by atoms with Gasteiger partial charge in [-0.15, -0.1) is 0 Å². The summed E-state index contributed by atoms with van der Waals surface area (Å²) in [6.07, 6.45) is -3.55. The highest BCUT2D eigenvalue weighted by Gasteiger charge is 2.32. The van der Waals surface area contributed by atoms with Gasteiger partial charge in [0.25, 0.3) is 5.91 Å². The Morgan fingerprint density at radius 2 is 1.67 bits per heavy atom. The molecule has 0 spiro atoms. The summed E-state index contributed by atoms with van der Waals surface area (Å²) < 4.78 is 38.1. The molecule has 4 rings (SSSR count). The molecular formula is C23H23F3N6O. The van der Waals surface area contributed by atoms with Crippen LogP contribution >= 0.6 is 0 Å². The average molecular weight is 456 g/mol. The van der Waals surface area contributed by atoms with Gasteiger partial charge in [-0.2, -0.15) is 13.2 Å². The van der Waals surface area contributed by atoms with E-state index < -0.39 is 11.9 Å². The summed E-state index contributed by atoms with van der Waals surface area (Å²) in [5.41, 5.74) is 1.21. The maximum absolute atomic E-state index is 12.7. The number of alkyl halides is 3. The van der Waals surface area contributed by atoms with Crippen LogP contribution in [0.4, 0.5) is 30.5 Å². The quantitative estimate of drug-likeness (QED) is 0.634. The van der Waals surface area contributed by atoms with Gasteiger partial charge in [0.2, 0.25) is 0 Å². The molecular weight excluding hydrogens is 433 g/mol. The number of piperazine rings is 1. The van der Waals surface area contributed by atoms with Crippen LogP contribution in [0.5, 0.6) is 0 Å². The molecule has 0 radical (unpaired) electrons. The van der Waals surface area contributed by atoms with Crippen LogP contribution in [0, 0.1) is 13.8 Å². The predicted octanol–water partition coefficient (Wildman–Crippen LogP) is 4.21. The lowest BCUT2D eigenvalue weighted by molar-refractivity contribution is -0.141. The topological polar surface area (TPSA) is 74.2 Å². The Bertz CT molecular complexity index is 1120. The Kier molecular flexibility index (Phi) is 6.17. The Hall–Kier alpha value is -3.69. The number of hydrogen-bond donors (Lipinski definition) is 1. The highest BCUT2D eigenvalue weighted by atomic mass is 19.4. The molecule has 1 aliphatic rings. The zero-order chi connectivity index (χ0) is 23.6. The van der Waals surface area contributed by atoms with Gasteiger partial charge in [-0.05, 0) is 38.1 Å². The summed E-state index contributed by atoms with van der Waals surface area (Å²) in [7, 11) is 0. The molecule has 7 nitrogen and oxygen atoms in total. The lowest BCUT2D eigenvalue weighted by Gasteiger charge is -2.35. The van der Waals surface area contributed by atoms with Gasteiger partial charge in [-0.3, -0.25) is 9.78 Å². The van der Waals surface area contributed by atoms with Crippen LogP contribution in [-0.2, 0) is 6.18 Å². The molecule has 0 unspecified atom stereocenters. The molecule has 0 atom stereocenters. The number of hydrogen-bond acceptors (Lipinski definition) is 6. The van der Waals surface area contributed by atoms with Crippen molar-refractivity contribution in [3.8, 4) is 0 Å². The standard InChI is InChI=1S/C23H23F3N6O/c1-15-3-6-18(7-4-15)30-20-13-21(29-16(2)28-20)31-9-11-32(12-10-31)22(33)17-5-8-19(27-14-17)23(24,25)26/h3-8,13-14H,9-12H2,1-2H3,(H,28,29,30). The molecule has 0 saturated carbocycles. The second kappa shape index (κ2) is 9.05. The van der Waals surface area contributed by atoms with E-state index in [0.29, 0.717) is 37.8 Å². The van der Waals surface area contributed by atoms with Gasteiger partial charge in [-0.1, -0.05) is 17.7 Å². The van der Waals surface area contributed by atoms with Crippen molar-refractivity contribution < 1.29 is 18.0 Å². The number of pyridine rings is 1. The summed E-state index contributed by atoms with van der Waals surface area (Å²) in [5.74, 6) is 1.71. The molecule has 1 aromatic carbocycles. The third kappa shape index (κ3) is 5.39. The molecule has 3 heterocycles. The van der Waals surface area contributed by atoms with Gasteiger partial charge in [0, 0.05) is 44.1 Å². The van der Waals surface area contributed by atoms with Gasteiger partial charge >= 0.3 is 6.18 Å². The van der Waals surface area contributed by atoms with E-state index >= 15 is 0 Å². The molecule has 1 amide bonds. The normalized spacial score (nSPS) is 14.3. The number of aryl methyl sites for hydroxylation is 2. The molecule has 2 aromatic heterocycles. The number of carbonyl (C=O) groups excluding carboxylic acids is 1. The van der Waals surface area contributed by atoms with E-state index in [-0.39, 0.29) is 11.5 Å². The van der Waals surface area contributed by atoms with E-state index in [1.165, 1.54) is 11.6 Å². The molecule has 1 saturated heterocycles. The van der Waals surface area contributed by atoms with Crippen molar-refractivity contribution >= 4 is 23.2 Å². The van der Waals surface area contributed by atoms with Gasteiger partial charge in [0.15, 0.2) is 0 Å². The van der Waals surface area contributed by atoms with Crippen LogP contribution < -0.4 is 10.2 Å². The minimum Gasteiger partial charge on any atom is -0.353 e. The molecule has 0 aliphatic carbocycles. The molecule has 33 heavy (non-hydrogen) atoms. The van der Waals surface area contributed by atoms with Crippen molar-refractivity contribution in [1.29, 1.82) is 0 Å². The van der Waals surface area contributed by atoms with Crippen molar-refractivity contribution in [1.82, 2.24) is 19.9 Å². The van der Waals surface area contributed by atoms with Gasteiger partial charge < -0.3 is 15.1 Å². The number of nitrogens with one attached hydrogen (secondary N) is 1. The largest absolute Gasteiger partial charge is 0.433 e. The summed E-state index contributed by atoms with van der Waals surface area (Å²) in [6, 6.07) is 11.8. The smallest absolute Gasteiger partial charge is 0.353 e. The number of benzene rings is 1. The Morgan fingerprint density at radius 3 is 2.27 bits per heavy atom. The predicted molar refractivity (Wildman–Crippen MR) is 119 cm³/mol. The fraction of sp³-hybridized carbons (Fsp3) is 0.304. The van der Waals surface area contributed by atoms with E-state index in [0.717, 1.165) is 23.8 Å². The van der Waals surface area contributed by atoms with Crippen molar-refractivity contribution in [2.24, 2.45) is 0 Å². The Labute approximate surface area is 189 Å². The molecule has 1 fully saturated rings. The summed E-state index contributed by atoms with van der Waals surface area (Å²) in [5, 5.41) is 3.29. The van der Waals surface area contributed by atoms with Crippen LogP contribution in [0.2, 0.25) is 0 Å². The first kappa shape index (κ1) is 22.5. The molecule has 10 heteroatoms. The first-order valence-corrected chi connectivity index (χ1v) is 10.5. The van der Waals surface area contributed by atoms with Crippen LogP contribution in [0.1, 0.15) is 27.4 Å². The highest BCUT2D eigenvalue weighted by molar-refractivity contribution is 5.94. The maximum Gasteiger partial charge on any atom is 0.433 e. The van der Waals surface area contributed by atoms with E-state index in [4.69, 9.17) is 0 Å². The monoisotopic (exact) mass is 456 g/mol. The van der Waals surface area contributed by atoms with Crippen LogP contribution in [0.25, 0.3) is 0 Å². The number of nitrogens with zero attached hydrogens (tertiary/aromatic N) is 5. The Morgan fingerprint density at radius 1 is 0.970 bits per heavy atom. The zero-order valence-corrected chi connectivity index (χ0v) is 18.2. The van der Waals surface area contributed by atoms with Crippen LogP contribution in [0.3, 0.4) is 0 Å². The fourth-order valence-corrected chi connectivity index (χ4v) is 3.57. The third-order valence-corrected chi connectivity index (χ3v) is 5.34. The molecule has 172 valence electrons. The number of aromatic nitrogens is 3. The first-order chi connectivity index (χ1) is 15.7. The lowest BCUT2D eigenvalue weighted by atomic mass is 10.2.